The Balaban J connectivity index is 2.57. The third-order valence-corrected chi connectivity index (χ3v) is 3.52. The van der Waals surface area contributed by atoms with Crippen molar-refractivity contribution in [3.05, 3.63) is 29.8 Å². The molecule has 0 radical (unpaired) electrons. The van der Waals surface area contributed by atoms with Gasteiger partial charge in [0, 0.05) is 18.8 Å². The Kier molecular flexibility index (Phi) is 7.55. The number of hydrogen-bond donors (Lipinski definition) is 0. The Morgan fingerprint density at radius 2 is 1.50 bits per heavy atom. The average molecular weight is 247 g/mol. The maximum absolute atomic E-state index is 2.58. The molecule has 18 heavy (non-hydrogen) atoms. The predicted octanol–water partition coefficient (Wildman–Crippen LogP) is 5.18. The third kappa shape index (κ3) is 5.12. The van der Waals surface area contributed by atoms with Gasteiger partial charge >= 0.3 is 0 Å². The maximum Gasteiger partial charge on any atom is 0.0395 e. The number of anilines is 1. The van der Waals surface area contributed by atoms with Crippen LogP contribution in [0.4, 0.5) is 5.69 Å². The van der Waals surface area contributed by atoms with Gasteiger partial charge in [0.15, 0.2) is 0 Å². The van der Waals surface area contributed by atoms with E-state index in [9.17, 15) is 0 Å². The van der Waals surface area contributed by atoms with E-state index in [1.165, 1.54) is 62.9 Å². The van der Waals surface area contributed by atoms with Crippen LogP contribution in [0.3, 0.4) is 0 Å². The molecule has 0 saturated carbocycles. The number of unbranched alkanes of at least 4 members (excludes halogenated alkanes) is 4. The molecule has 1 aromatic rings. The van der Waals surface area contributed by atoms with E-state index in [1.807, 2.05) is 0 Å². The van der Waals surface area contributed by atoms with Crippen molar-refractivity contribution in [1.82, 2.24) is 0 Å². The monoisotopic (exact) mass is 247 g/mol. The minimum absolute atomic E-state index is 1.20. The van der Waals surface area contributed by atoms with Gasteiger partial charge in [-0.3, -0.25) is 0 Å². The summed E-state index contributed by atoms with van der Waals surface area (Å²) in [6.07, 6.45) is 7.95. The lowest BCUT2D eigenvalue weighted by Crippen LogP contribution is -2.26. The predicted molar refractivity (Wildman–Crippen MR) is 82.4 cm³/mol. The highest BCUT2D eigenvalue weighted by Crippen LogP contribution is 2.20. The lowest BCUT2D eigenvalue weighted by atomic mass is 10.1. The summed E-state index contributed by atoms with van der Waals surface area (Å²) in [6.45, 7) is 9.18. The Morgan fingerprint density at radius 3 is 2.17 bits per heavy atom. The summed E-state index contributed by atoms with van der Waals surface area (Å²) < 4.78 is 0. The van der Waals surface area contributed by atoms with E-state index in [0.29, 0.717) is 0 Å². The summed E-state index contributed by atoms with van der Waals surface area (Å²) in [4.78, 5) is 2.58. The van der Waals surface area contributed by atoms with Crippen molar-refractivity contribution in [2.75, 3.05) is 18.0 Å². The number of aryl methyl sites for hydroxylation is 1. The fourth-order valence-corrected chi connectivity index (χ4v) is 2.35. The first-order valence-electron chi connectivity index (χ1n) is 7.60. The second-order valence-corrected chi connectivity index (χ2v) is 5.19. The first-order valence-corrected chi connectivity index (χ1v) is 7.60. The first kappa shape index (κ1) is 15.1. The van der Waals surface area contributed by atoms with Gasteiger partial charge in [0.1, 0.15) is 0 Å². The molecule has 0 fully saturated rings. The molecule has 0 heterocycles. The standard InChI is InChI=1S/C17H29N/c1-4-6-8-11-15-18(14-7-5-2)17-13-10-9-12-16(17)3/h9-10,12-13H,4-8,11,14-15H2,1-3H3. The molecule has 1 heteroatoms. The van der Waals surface area contributed by atoms with Crippen LogP contribution in [0.2, 0.25) is 0 Å². The Hall–Kier alpha value is -0.980. The zero-order chi connectivity index (χ0) is 13.2. The number of para-hydroxylation sites is 1. The van der Waals surface area contributed by atoms with Gasteiger partial charge in [-0.15, -0.1) is 0 Å². The van der Waals surface area contributed by atoms with Crippen molar-refractivity contribution in [2.45, 2.75) is 59.3 Å². The van der Waals surface area contributed by atoms with Crippen molar-refractivity contribution >= 4 is 5.69 Å². The summed E-state index contributed by atoms with van der Waals surface area (Å²) in [6, 6.07) is 8.78. The highest BCUT2D eigenvalue weighted by Gasteiger charge is 2.07. The van der Waals surface area contributed by atoms with Crippen molar-refractivity contribution in [3.63, 3.8) is 0 Å². The summed E-state index contributed by atoms with van der Waals surface area (Å²) in [5.41, 5.74) is 2.84. The maximum atomic E-state index is 2.58. The minimum Gasteiger partial charge on any atom is -0.371 e. The van der Waals surface area contributed by atoms with Gasteiger partial charge in [0.05, 0.1) is 0 Å². The highest BCUT2D eigenvalue weighted by atomic mass is 15.1. The number of rotatable bonds is 9. The molecule has 0 aliphatic carbocycles. The fourth-order valence-electron chi connectivity index (χ4n) is 2.35. The van der Waals surface area contributed by atoms with Crippen molar-refractivity contribution in [3.8, 4) is 0 Å². The van der Waals surface area contributed by atoms with E-state index in [-0.39, 0.29) is 0 Å². The van der Waals surface area contributed by atoms with Gasteiger partial charge in [-0.1, -0.05) is 57.7 Å². The Morgan fingerprint density at radius 1 is 0.833 bits per heavy atom. The molecule has 0 bridgehead atoms. The molecule has 102 valence electrons. The molecule has 1 rings (SSSR count). The van der Waals surface area contributed by atoms with Crippen LogP contribution in [0.5, 0.6) is 0 Å². The normalized spacial score (nSPS) is 10.6. The van der Waals surface area contributed by atoms with Gasteiger partial charge in [0.2, 0.25) is 0 Å². The molecule has 0 N–H and O–H groups in total. The van der Waals surface area contributed by atoms with E-state index in [2.05, 4.69) is 49.9 Å². The molecule has 1 aromatic carbocycles. The van der Waals surface area contributed by atoms with Gasteiger partial charge in [-0.05, 0) is 31.4 Å². The van der Waals surface area contributed by atoms with Gasteiger partial charge in [0.25, 0.3) is 0 Å². The average Bonchev–Trinajstić information content (AvgIpc) is 2.39. The van der Waals surface area contributed by atoms with Gasteiger partial charge < -0.3 is 4.90 Å². The lowest BCUT2D eigenvalue weighted by Gasteiger charge is -2.26. The summed E-state index contributed by atoms with van der Waals surface area (Å²) in [5, 5.41) is 0. The molecule has 0 unspecified atom stereocenters. The summed E-state index contributed by atoms with van der Waals surface area (Å²) in [7, 11) is 0. The molecule has 0 aliphatic rings. The fraction of sp³-hybridized carbons (Fsp3) is 0.647. The van der Waals surface area contributed by atoms with Crippen molar-refractivity contribution < 1.29 is 0 Å². The van der Waals surface area contributed by atoms with Crippen LogP contribution in [0.15, 0.2) is 24.3 Å². The van der Waals surface area contributed by atoms with Crippen LogP contribution < -0.4 is 4.90 Å². The zero-order valence-electron chi connectivity index (χ0n) is 12.4. The largest absolute Gasteiger partial charge is 0.371 e. The van der Waals surface area contributed by atoms with Crippen LogP contribution >= 0.6 is 0 Å². The minimum atomic E-state index is 1.20. The molecular weight excluding hydrogens is 218 g/mol. The van der Waals surface area contributed by atoms with Crippen LogP contribution in [0.25, 0.3) is 0 Å². The van der Waals surface area contributed by atoms with Gasteiger partial charge in [-0.2, -0.15) is 0 Å². The number of hydrogen-bond acceptors (Lipinski definition) is 1. The van der Waals surface area contributed by atoms with Crippen molar-refractivity contribution in [2.24, 2.45) is 0 Å². The smallest absolute Gasteiger partial charge is 0.0395 e. The molecule has 0 aliphatic heterocycles. The van der Waals surface area contributed by atoms with Gasteiger partial charge in [-0.25, -0.2) is 0 Å². The Labute approximate surface area is 113 Å². The van der Waals surface area contributed by atoms with E-state index in [4.69, 9.17) is 0 Å². The van der Waals surface area contributed by atoms with Crippen LogP contribution in [-0.2, 0) is 0 Å². The molecule has 1 nitrogen and oxygen atoms in total. The third-order valence-electron chi connectivity index (χ3n) is 3.52. The van der Waals surface area contributed by atoms with Crippen LogP contribution in [-0.4, -0.2) is 13.1 Å². The molecule has 0 amide bonds. The zero-order valence-corrected chi connectivity index (χ0v) is 12.4. The second kappa shape index (κ2) is 9.02. The molecule has 0 saturated heterocycles. The first-order chi connectivity index (χ1) is 8.79. The van der Waals surface area contributed by atoms with E-state index >= 15 is 0 Å². The number of benzene rings is 1. The molecule has 0 aromatic heterocycles. The van der Waals surface area contributed by atoms with E-state index in [1.54, 1.807) is 0 Å². The topological polar surface area (TPSA) is 3.24 Å². The van der Waals surface area contributed by atoms with Crippen LogP contribution in [0, 0.1) is 6.92 Å². The second-order valence-electron chi connectivity index (χ2n) is 5.19. The summed E-state index contributed by atoms with van der Waals surface area (Å²) in [5.74, 6) is 0. The molecule has 0 spiro atoms. The van der Waals surface area contributed by atoms with E-state index < -0.39 is 0 Å². The SMILES string of the molecule is CCCCCCN(CCCC)c1ccccc1C. The molecule has 0 atom stereocenters. The lowest BCUT2D eigenvalue weighted by molar-refractivity contribution is 0.629. The number of nitrogens with zero attached hydrogens (tertiary/aromatic N) is 1. The van der Waals surface area contributed by atoms with E-state index in [0.717, 1.165) is 0 Å². The Bertz CT molecular complexity index is 319. The molecular formula is C17H29N. The highest BCUT2D eigenvalue weighted by molar-refractivity contribution is 5.52. The van der Waals surface area contributed by atoms with Crippen LogP contribution in [0.1, 0.15) is 57.9 Å². The quantitative estimate of drug-likeness (QED) is 0.543. The van der Waals surface area contributed by atoms with Crippen molar-refractivity contribution in [1.29, 1.82) is 0 Å². The summed E-state index contributed by atoms with van der Waals surface area (Å²) >= 11 is 0.